The lowest BCUT2D eigenvalue weighted by molar-refractivity contribution is -0.389. The number of hydrazine groups is 1. The van der Waals surface area contributed by atoms with Crippen LogP contribution in [0, 0.1) is 17.0 Å². The lowest BCUT2D eigenvalue weighted by Gasteiger charge is -2.11. The number of rotatable bonds is 4. The second-order valence-corrected chi connectivity index (χ2v) is 3.28. The van der Waals surface area contributed by atoms with E-state index in [0.717, 1.165) is 0 Å². The van der Waals surface area contributed by atoms with Gasteiger partial charge in [-0.05, 0) is 18.3 Å². The smallest absolute Gasteiger partial charge is 0.358 e. The molecule has 8 nitrogen and oxygen atoms in total. The molecule has 88 valence electrons. The van der Waals surface area contributed by atoms with Crippen LogP contribution in [0.2, 0.25) is 0 Å². The van der Waals surface area contributed by atoms with E-state index in [2.05, 4.69) is 5.10 Å². The molecule has 1 aromatic rings. The fraction of sp³-hybridized carbons (Fsp3) is 0.500. The Morgan fingerprint density at radius 3 is 2.81 bits per heavy atom. The third-order valence-corrected chi connectivity index (χ3v) is 2.22. The number of nitrogens with one attached hydrogen (secondary N) is 1. The van der Waals surface area contributed by atoms with Gasteiger partial charge in [0.05, 0.1) is 16.9 Å². The summed E-state index contributed by atoms with van der Waals surface area (Å²) in [4.78, 5) is 21.3. The summed E-state index contributed by atoms with van der Waals surface area (Å²) in [6, 6.07) is 0.686. The summed E-state index contributed by atoms with van der Waals surface area (Å²) in [6.07, 6.45) is 0.447. The molecular formula is C8H13N5O3. The molecule has 0 saturated heterocycles. The van der Waals surface area contributed by atoms with E-state index in [4.69, 9.17) is 5.84 Å². The first-order valence-electron chi connectivity index (χ1n) is 4.72. The standard InChI is InChI=1S/C8H13N5O3/c1-3-6(8(14)10-9)12-5(2)4-7(11-12)13(15)16/h4,6H,3,9H2,1-2H3,(H,10,14)/t6-/m1/s1. The maximum absolute atomic E-state index is 11.4. The predicted molar refractivity (Wildman–Crippen MR) is 55.3 cm³/mol. The van der Waals surface area contributed by atoms with Gasteiger partial charge in [0.15, 0.2) is 6.04 Å². The molecule has 0 aliphatic heterocycles. The van der Waals surface area contributed by atoms with Gasteiger partial charge in [0.2, 0.25) is 0 Å². The summed E-state index contributed by atoms with van der Waals surface area (Å²) in [5.74, 6) is 4.32. The zero-order valence-electron chi connectivity index (χ0n) is 9.01. The lowest BCUT2D eigenvalue weighted by atomic mass is 10.2. The van der Waals surface area contributed by atoms with Crippen LogP contribution in [0.5, 0.6) is 0 Å². The number of aromatic nitrogens is 2. The number of nitro groups is 1. The average molecular weight is 227 g/mol. The zero-order chi connectivity index (χ0) is 12.3. The summed E-state index contributed by atoms with van der Waals surface area (Å²) in [5, 5.41) is 14.3. The van der Waals surface area contributed by atoms with Crippen molar-refractivity contribution >= 4 is 11.7 Å². The normalized spacial score (nSPS) is 12.2. The molecule has 0 unspecified atom stereocenters. The van der Waals surface area contributed by atoms with Gasteiger partial charge in [0.1, 0.15) is 0 Å². The van der Waals surface area contributed by atoms with Crippen LogP contribution in [0.1, 0.15) is 25.1 Å². The van der Waals surface area contributed by atoms with Gasteiger partial charge in [0.25, 0.3) is 5.91 Å². The molecule has 1 rings (SSSR count). The van der Waals surface area contributed by atoms with Gasteiger partial charge in [-0.15, -0.1) is 0 Å². The Labute approximate surface area is 91.5 Å². The van der Waals surface area contributed by atoms with E-state index in [1.807, 2.05) is 5.43 Å². The van der Waals surface area contributed by atoms with Crippen LogP contribution in [-0.2, 0) is 4.79 Å². The van der Waals surface area contributed by atoms with E-state index in [9.17, 15) is 14.9 Å². The molecule has 0 aromatic carbocycles. The minimum absolute atomic E-state index is 0.277. The lowest BCUT2D eigenvalue weighted by Crippen LogP contribution is -2.37. The molecule has 3 N–H and O–H groups in total. The fourth-order valence-corrected chi connectivity index (χ4v) is 1.44. The van der Waals surface area contributed by atoms with Crippen molar-refractivity contribution in [1.82, 2.24) is 15.2 Å². The number of aryl methyl sites for hydroxylation is 1. The Hall–Kier alpha value is -1.96. The molecule has 0 aliphatic rings. The molecule has 1 atom stereocenters. The highest BCUT2D eigenvalue weighted by Gasteiger charge is 2.26. The van der Waals surface area contributed by atoms with Crippen molar-refractivity contribution in [2.45, 2.75) is 26.3 Å². The second-order valence-electron chi connectivity index (χ2n) is 3.28. The Morgan fingerprint density at radius 1 is 1.81 bits per heavy atom. The molecule has 0 saturated carbocycles. The summed E-state index contributed by atoms with van der Waals surface area (Å²) in [7, 11) is 0. The summed E-state index contributed by atoms with van der Waals surface area (Å²) in [5.41, 5.74) is 2.55. The van der Waals surface area contributed by atoms with Crippen molar-refractivity contribution < 1.29 is 9.72 Å². The van der Waals surface area contributed by atoms with E-state index in [0.29, 0.717) is 12.1 Å². The van der Waals surface area contributed by atoms with Crippen molar-refractivity contribution in [2.24, 2.45) is 5.84 Å². The molecular weight excluding hydrogens is 214 g/mol. The summed E-state index contributed by atoms with van der Waals surface area (Å²) < 4.78 is 1.31. The second kappa shape index (κ2) is 4.71. The van der Waals surface area contributed by atoms with E-state index >= 15 is 0 Å². The van der Waals surface area contributed by atoms with Crippen LogP contribution in [0.4, 0.5) is 5.82 Å². The van der Waals surface area contributed by atoms with E-state index in [-0.39, 0.29) is 5.82 Å². The maximum Gasteiger partial charge on any atom is 0.390 e. The van der Waals surface area contributed by atoms with Crippen LogP contribution in [0.15, 0.2) is 6.07 Å². The van der Waals surface area contributed by atoms with Crippen LogP contribution >= 0.6 is 0 Å². The largest absolute Gasteiger partial charge is 0.390 e. The van der Waals surface area contributed by atoms with Crippen molar-refractivity contribution in [3.63, 3.8) is 0 Å². The number of hydrogen-bond acceptors (Lipinski definition) is 5. The van der Waals surface area contributed by atoms with E-state index in [1.165, 1.54) is 10.7 Å². The molecule has 0 radical (unpaired) electrons. The van der Waals surface area contributed by atoms with Crippen molar-refractivity contribution in [3.05, 3.63) is 21.9 Å². The van der Waals surface area contributed by atoms with Gasteiger partial charge in [-0.2, -0.15) is 4.68 Å². The SMILES string of the molecule is CC[C@H](C(=O)NN)n1nc([N+](=O)[O-])cc1C. The molecule has 1 aromatic heterocycles. The first-order chi connectivity index (χ1) is 7.51. The van der Waals surface area contributed by atoms with Gasteiger partial charge in [-0.1, -0.05) is 6.92 Å². The number of amides is 1. The maximum atomic E-state index is 11.4. The van der Waals surface area contributed by atoms with Crippen molar-refractivity contribution in [2.75, 3.05) is 0 Å². The Balaban J connectivity index is 3.10. The van der Waals surface area contributed by atoms with Gasteiger partial charge in [-0.25, -0.2) is 5.84 Å². The minimum Gasteiger partial charge on any atom is -0.358 e. The van der Waals surface area contributed by atoms with E-state index < -0.39 is 16.9 Å². The number of carbonyl (C=O) groups excluding carboxylic acids is 1. The summed E-state index contributed by atoms with van der Waals surface area (Å²) in [6.45, 7) is 3.42. The number of nitrogens with two attached hydrogens (primary N) is 1. The number of nitrogens with zero attached hydrogens (tertiary/aromatic N) is 3. The van der Waals surface area contributed by atoms with E-state index in [1.54, 1.807) is 13.8 Å². The van der Waals surface area contributed by atoms with Gasteiger partial charge < -0.3 is 10.1 Å². The van der Waals surface area contributed by atoms with Gasteiger partial charge >= 0.3 is 5.82 Å². The summed E-state index contributed by atoms with van der Waals surface area (Å²) >= 11 is 0. The van der Waals surface area contributed by atoms with Crippen LogP contribution in [0.3, 0.4) is 0 Å². The molecule has 0 fully saturated rings. The molecule has 0 spiro atoms. The monoisotopic (exact) mass is 227 g/mol. The van der Waals surface area contributed by atoms with Crippen LogP contribution in [-0.4, -0.2) is 20.6 Å². The predicted octanol–water partition coefficient (Wildman–Crippen LogP) is 0.0407. The highest BCUT2D eigenvalue weighted by Crippen LogP contribution is 2.18. The third-order valence-electron chi connectivity index (χ3n) is 2.22. The number of carbonyl (C=O) groups is 1. The molecule has 0 bridgehead atoms. The van der Waals surface area contributed by atoms with Gasteiger partial charge in [-0.3, -0.25) is 10.2 Å². The Bertz CT molecular complexity index is 414. The highest BCUT2D eigenvalue weighted by atomic mass is 16.6. The molecule has 1 amide bonds. The molecule has 1 heterocycles. The fourth-order valence-electron chi connectivity index (χ4n) is 1.44. The quantitative estimate of drug-likeness (QED) is 0.326. The highest BCUT2D eigenvalue weighted by molar-refractivity contribution is 5.79. The Morgan fingerprint density at radius 2 is 2.44 bits per heavy atom. The average Bonchev–Trinajstić information content (AvgIpc) is 2.62. The molecule has 8 heteroatoms. The number of hydrogen-bond donors (Lipinski definition) is 2. The third kappa shape index (κ3) is 2.16. The molecule has 16 heavy (non-hydrogen) atoms. The van der Waals surface area contributed by atoms with Crippen LogP contribution < -0.4 is 11.3 Å². The van der Waals surface area contributed by atoms with Gasteiger partial charge in [0, 0.05) is 0 Å². The van der Waals surface area contributed by atoms with Crippen molar-refractivity contribution in [3.8, 4) is 0 Å². The Kier molecular flexibility index (Phi) is 3.56. The molecule has 0 aliphatic carbocycles. The first kappa shape index (κ1) is 12.1. The zero-order valence-corrected chi connectivity index (χ0v) is 9.01. The first-order valence-corrected chi connectivity index (χ1v) is 4.72. The topological polar surface area (TPSA) is 116 Å². The van der Waals surface area contributed by atoms with Crippen molar-refractivity contribution in [1.29, 1.82) is 0 Å². The minimum atomic E-state index is -0.626. The van der Waals surface area contributed by atoms with Crippen LogP contribution in [0.25, 0.3) is 0 Å².